The molecule has 0 bridgehead atoms. The molecule has 1 aliphatic heterocycles. The van der Waals surface area contributed by atoms with E-state index in [2.05, 4.69) is 15.2 Å². The molecule has 2 aromatic heterocycles. The second kappa shape index (κ2) is 13.0. The Hall–Kier alpha value is -5.82. The Kier molecular flexibility index (Phi) is 8.43. The van der Waals surface area contributed by atoms with Crippen molar-refractivity contribution >= 4 is 39.7 Å². The van der Waals surface area contributed by atoms with E-state index >= 15 is 0 Å². The van der Waals surface area contributed by atoms with Gasteiger partial charge in [0.15, 0.2) is 12.4 Å². The van der Waals surface area contributed by atoms with E-state index in [4.69, 9.17) is 9.47 Å². The number of nitrogens with zero attached hydrogens (tertiary/aromatic N) is 5. The van der Waals surface area contributed by atoms with Crippen LogP contribution in [0, 0.1) is 0 Å². The van der Waals surface area contributed by atoms with Gasteiger partial charge in [-0.1, -0.05) is 60.7 Å². The predicted octanol–water partition coefficient (Wildman–Crippen LogP) is 7.71. The van der Waals surface area contributed by atoms with Crippen LogP contribution in [0.2, 0.25) is 0 Å². The van der Waals surface area contributed by atoms with Crippen molar-refractivity contribution in [3.8, 4) is 22.1 Å². The lowest BCUT2D eigenvalue weighted by Crippen LogP contribution is -2.31. The van der Waals surface area contributed by atoms with Crippen LogP contribution in [0.1, 0.15) is 39.8 Å². The smallest absolute Gasteiger partial charge is 0.416 e. The standard InChI is InChI=1S/C36H26F3N5O4S/c1-47-28-15-13-23(14-16-28)30-20-29(25-12-11-22-6-2-3-7-24(22)18-25)41-44(30)32(45)21-48-35(46)33-40-34(31-10-5-17-49-31)43(42-33)27-9-4-8-26(19-27)36(37,38)39/h2-19,30H,20-21H2,1H3. The van der Waals surface area contributed by atoms with Gasteiger partial charge in [0.1, 0.15) is 5.75 Å². The molecule has 1 unspecified atom stereocenters. The van der Waals surface area contributed by atoms with Crippen LogP contribution in [-0.2, 0) is 15.7 Å². The summed E-state index contributed by atoms with van der Waals surface area (Å²) in [5.74, 6) is -1.21. The number of rotatable bonds is 8. The molecule has 3 heterocycles. The van der Waals surface area contributed by atoms with E-state index in [9.17, 15) is 22.8 Å². The molecular weight excluding hydrogens is 655 g/mol. The van der Waals surface area contributed by atoms with E-state index in [0.717, 1.165) is 38.7 Å². The lowest BCUT2D eigenvalue weighted by molar-refractivity contribution is -0.137. The number of hydrazone groups is 1. The van der Waals surface area contributed by atoms with Crippen molar-refractivity contribution in [1.29, 1.82) is 0 Å². The van der Waals surface area contributed by atoms with Crippen LogP contribution in [0.25, 0.3) is 27.2 Å². The number of methoxy groups -OCH3 is 1. The van der Waals surface area contributed by atoms with Crippen LogP contribution in [0.4, 0.5) is 13.2 Å². The third kappa shape index (κ3) is 6.52. The fourth-order valence-electron chi connectivity index (χ4n) is 5.59. The van der Waals surface area contributed by atoms with Crippen molar-refractivity contribution in [2.45, 2.75) is 18.6 Å². The number of alkyl halides is 3. The van der Waals surface area contributed by atoms with E-state index in [-0.39, 0.29) is 11.5 Å². The second-order valence-corrected chi connectivity index (χ2v) is 12.1. The molecule has 0 radical (unpaired) electrons. The first kappa shape index (κ1) is 31.8. The summed E-state index contributed by atoms with van der Waals surface area (Å²) in [6.07, 6.45) is -4.17. The maximum atomic E-state index is 13.7. The lowest BCUT2D eigenvalue weighted by atomic mass is 9.97. The van der Waals surface area contributed by atoms with Gasteiger partial charge in [-0.15, -0.1) is 16.4 Å². The molecule has 1 atom stereocenters. The molecule has 0 aliphatic carbocycles. The summed E-state index contributed by atoms with van der Waals surface area (Å²) < 4.78 is 52.3. The van der Waals surface area contributed by atoms with Gasteiger partial charge < -0.3 is 9.47 Å². The van der Waals surface area contributed by atoms with Gasteiger partial charge in [0.25, 0.3) is 11.7 Å². The summed E-state index contributed by atoms with van der Waals surface area (Å²) in [5.41, 5.74) is 1.52. The molecule has 0 N–H and O–H groups in total. The summed E-state index contributed by atoms with van der Waals surface area (Å²) in [4.78, 5) is 31.7. The van der Waals surface area contributed by atoms with Crippen molar-refractivity contribution in [3.63, 3.8) is 0 Å². The molecule has 246 valence electrons. The largest absolute Gasteiger partial charge is 0.497 e. The van der Waals surface area contributed by atoms with Gasteiger partial charge in [-0.25, -0.2) is 14.5 Å². The summed E-state index contributed by atoms with van der Waals surface area (Å²) in [7, 11) is 1.57. The van der Waals surface area contributed by atoms with Crippen LogP contribution >= 0.6 is 11.3 Å². The molecule has 9 nitrogen and oxygen atoms in total. The third-order valence-electron chi connectivity index (χ3n) is 8.03. The molecular formula is C36H26F3N5O4S. The highest BCUT2D eigenvalue weighted by Crippen LogP contribution is 2.35. The minimum Gasteiger partial charge on any atom is -0.497 e. The van der Waals surface area contributed by atoms with Crippen molar-refractivity contribution in [3.05, 3.63) is 131 Å². The highest BCUT2D eigenvalue weighted by molar-refractivity contribution is 7.13. The van der Waals surface area contributed by atoms with E-state index in [1.54, 1.807) is 36.8 Å². The zero-order chi connectivity index (χ0) is 34.1. The zero-order valence-corrected chi connectivity index (χ0v) is 26.6. The third-order valence-corrected chi connectivity index (χ3v) is 8.89. The molecule has 0 spiro atoms. The van der Waals surface area contributed by atoms with Gasteiger partial charge in [0, 0.05) is 6.42 Å². The van der Waals surface area contributed by atoms with Crippen LogP contribution in [0.5, 0.6) is 5.75 Å². The van der Waals surface area contributed by atoms with Gasteiger partial charge in [0.2, 0.25) is 0 Å². The van der Waals surface area contributed by atoms with Gasteiger partial charge in [-0.2, -0.15) is 23.3 Å². The van der Waals surface area contributed by atoms with Crippen LogP contribution in [0.15, 0.2) is 114 Å². The number of esters is 1. The molecule has 0 saturated heterocycles. The highest BCUT2D eigenvalue weighted by atomic mass is 32.1. The second-order valence-electron chi connectivity index (χ2n) is 11.1. The molecule has 0 saturated carbocycles. The van der Waals surface area contributed by atoms with E-state index in [0.29, 0.717) is 22.8 Å². The number of ether oxygens (including phenoxy) is 2. The molecule has 1 amide bonds. The number of benzene rings is 4. The zero-order valence-electron chi connectivity index (χ0n) is 25.8. The van der Waals surface area contributed by atoms with Gasteiger partial charge in [-0.05, 0) is 69.7 Å². The van der Waals surface area contributed by atoms with E-state index < -0.39 is 42.1 Å². The quantitative estimate of drug-likeness (QED) is 0.153. The molecule has 13 heteroatoms. The molecule has 0 fully saturated rings. The van der Waals surface area contributed by atoms with E-state index in [1.165, 1.54) is 28.5 Å². The number of hydrogen-bond acceptors (Lipinski definition) is 8. The highest BCUT2D eigenvalue weighted by Gasteiger charge is 2.35. The Morgan fingerprint density at radius 3 is 2.45 bits per heavy atom. The maximum Gasteiger partial charge on any atom is 0.416 e. The number of halogens is 3. The SMILES string of the molecule is COc1ccc(C2CC(c3ccc4ccccc4c3)=NN2C(=O)COC(=O)c2nc(-c3cccs3)n(-c3cccc(C(F)(F)F)c3)n2)cc1. The summed E-state index contributed by atoms with van der Waals surface area (Å²) in [6.45, 7) is -0.674. The number of hydrogen-bond donors (Lipinski definition) is 0. The summed E-state index contributed by atoms with van der Waals surface area (Å²) in [6, 6.07) is 28.7. The van der Waals surface area contributed by atoms with Gasteiger partial charge in [-0.3, -0.25) is 4.79 Å². The minimum absolute atomic E-state index is 0.0517. The first-order valence-corrected chi connectivity index (χ1v) is 15.9. The van der Waals surface area contributed by atoms with E-state index in [1.807, 2.05) is 54.6 Å². The van der Waals surface area contributed by atoms with Gasteiger partial charge in [0.05, 0.1) is 35.0 Å². The number of aromatic nitrogens is 3. The van der Waals surface area contributed by atoms with Crippen molar-refractivity contribution in [2.75, 3.05) is 13.7 Å². The molecule has 6 aromatic rings. The number of amides is 1. The summed E-state index contributed by atoms with van der Waals surface area (Å²) in [5, 5.41) is 14.1. The fraction of sp³-hybridized carbons (Fsp3) is 0.139. The first-order valence-electron chi connectivity index (χ1n) is 15.1. The Bertz CT molecular complexity index is 2200. The topological polar surface area (TPSA) is 98.9 Å². The van der Waals surface area contributed by atoms with Crippen LogP contribution < -0.4 is 4.74 Å². The number of thiophene rings is 1. The fourth-order valence-corrected chi connectivity index (χ4v) is 6.28. The van der Waals surface area contributed by atoms with Crippen molar-refractivity contribution in [1.82, 2.24) is 19.8 Å². The minimum atomic E-state index is -4.59. The monoisotopic (exact) mass is 681 g/mol. The number of carbonyl (C=O) groups is 2. The van der Waals surface area contributed by atoms with Crippen molar-refractivity contribution < 1.29 is 32.2 Å². The Labute approximate surface area is 281 Å². The first-order chi connectivity index (χ1) is 23.7. The Morgan fingerprint density at radius 2 is 1.71 bits per heavy atom. The normalized spacial score (nSPS) is 14.6. The van der Waals surface area contributed by atoms with Crippen LogP contribution in [-0.4, -0.2) is 51.1 Å². The Morgan fingerprint density at radius 1 is 0.918 bits per heavy atom. The maximum absolute atomic E-state index is 13.7. The molecule has 4 aromatic carbocycles. The average molecular weight is 682 g/mol. The number of fused-ring (bicyclic) bond motifs is 1. The predicted molar refractivity (Wildman–Crippen MR) is 178 cm³/mol. The number of carbonyl (C=O) groups excluding carboxylic acids is 2. The summed E-state index contributed by atoms with van der Waals surface area (Å²) >= 11 is 1.27. The van der Waals surface area contributed by atoms with Crippen molar-refractivity contribution in [2.24, 2.45) is 5.10 Å². The Balaban J connectivity index is 1.15. The molecule has 7 rings (SSSR count). The van der Waals surface area contributed by atoms with Crippen LogP contribution in [0.3, 0.4) is 0 Å². The molecule has 1 aliphatic rings. The van der Waals surface area contributed by atoms with Gasteiger partial charge >= 0.3 is 12.1 Å². The molecule has 49 heavy (non-hydrogen) atoms. The average Bonchev–Trinajstić information content (AvgIpc) is 3.91. The lowest BCUT2D eigenvalue weighted by Gasteiger charge is -2.22.